The minimum atomic E-state index is -0.790. The highest BCUT2D eigenvalue weighted by atomic mass is 79.9. The third-order valence-electron chi connectivity index (χ3n) is 2.67. The number of hydrogen-bond acceptors (Lipinski definition) is 2. The van der Waals surface area contributed by atoms with Crippen molar-refractivity contribution in [3.05, 3.63) is 46.2 Å². The van der Waals surface area contributed by atoms with Crippen LogP contribution in [0.2, 0.25) is 0 Å². The number of aromatic nitrogens is 2. The molecular weight excluding hydrogens is 296 g/mol. The van der Waals surface area contributed by atoms with Crippen LogP contribution in [0.25, 0.3) is 5.69 Å². The summed E-state index contributed by atoms with van der Waals surface area (Å²) in [6.07, 6.45) is 4.21. The first-order valence-electron chi connectivity index (χ1n) is 5.58. The van der Waals surface area contributed by atoms with Crippen LogP contribution in [-0.4, -0.2) is 20.9 Å². The Balaban J connectivity index is 2.18. The van der Waals surface area contributed by atoms with E-state index in [4.69, 9.17) is 5.11 Å². The molecule has 0 aliphatic heterocycles. The fraction of sp³-hybridized carbons (Fsp3) is 0.231. The minimum absolute atomic E-state index is 0.130. The van der Waals surface area contributed by atoms with E-state index in [-0.39, 0.29) is 6.42 Å². The summed E-state index contributed by atoms with van der Waals surface area (Å²) in [5.74, 6) is -0.790. The lowest BCUT2D eigenvalue weighted by molar-refractivity contribution is -0.136. The van der Waals surface area contributed by atoms with E-state index in [2.05, 4.69) is 21.0 Å². The van der Waals surface area contributed by atoms with Gasteiger partial charge in [-0.1, -0.05) is 15.9 Å². The zero-order valence-electron chi connectivity index (χ0n) is 9.93. The molecule has 1 heterocycles. The number of carboxylic acid groups (broad SMARTS) is 1. The predicted molar refractivity (Wildman–Crippen MR) is 72.0 cm³/mol. The number of hydrogen-bond donors (Lipinski definition) is 1. The van der Waals surface area contributed by atoms with Crippen LogP contribution in [0.5, 0.6) is 0 Å². The molecule has 0 unspecified atom stereocenters. The fourth-order valence-electron chi connectivity index (χ4n) is 1.65. The molecule has 0 saturated heterocycles. The monoisotopic (exact) mass is 308 g/mol. The molecule has 1 aromatic carbocycles. The summed E-state index contributed by atoms with van der Waals surface area (Å²) in [6, 6.07) is 5.96. The topological polar surface area (TPSA) is 55.1 Å². The number of benzene rings is 1. The van der Waals surface area contributed by atoms with E-state index in [0.29, 0.717) is 6.42 Å². The highest BCUT2D eigenvalue weighted by Gasteiger charge is 2.04. The first kappa shape index (κ1) is 12.8. The molecule has 0 amide bonds. The highest BCUT2D eigenvalue weighted by Crippen LogP contribution is 2.19. The SMILES string of the molecule is Cc1cc(-n2cc(CCC(=O)O)cn2)ccc1Br. The van der Waals surface area contributed by atoms with Gasteiger partial charge < -0.3 is 5.11 Å². The van der Waals surface area contributed by atoms with Gasteiger partial charge in [-0.05, 0) is 42.7 Å². The van der Waals surface area contributed by atoms with E-state index < -0.39 is 5.97 Å². The Kier molecular flexibility index (Phi) is 3.81. The van der Waals surface area contributed by atoms with Crippen LogP contribution in [0.15, 0.2) is 35.1 Å². The number of aliphatic carboxylic acids is 1. The fourth-order valence-corrected chi connectivity index (χ4v) is 1.90. The van der Waals surface area contributed by atoms with Crippen LogP contribution < -0.4 is 0 Å². The molecule has 18 heavy (non-hydrogen) atoms. The van der Waals surface area contributed by atoms with Gasteiger partial charge in [0.25, 0.3) is 0 Å². The molecule has 0 radical (unpaired) electrons. The number of rotatable bonds is 4. The lowest BCUT2D eigenvalue weighted by Crippen LogP contribution is -1.97. The molecule has 5 heteroatoms. The molecule has 2 aromatic rings. The van der Waals surface area contributed by atoms with Crippen molar-refractivity contribution < 1.29 is 9.90 Å². The van der Waals surface area contributed by atoms with Crippen molar-refractivity contribution in [1.29, 1.82) is 0 Å². The van der Waals surface area contributed by atoms with Crippen LogP contribution >= 0.6 is 15.9 Å². The van der Waals surface area contributed by atoms with Gasteiger partial charge in [-0.3, -0.25) is 4.79 Å². The molecule has 1 N–H and O–H groups in total. The maximum absolute atomic E-state index is 10.5. The first-order chi connectivity index (χ1) is 8.56. The molecule has 0 aliphatic carbocycles. The molecule has 4 nitrogen and oxygen atoms in total. The molecule has 94 valence electrons. The van der Waals surface area contributed by atoms with E-state index >= 15 is 0 Å². The Bertz CT molecular complexity index is 578. The Morgan fingerprint density at radius 2 is 2.28 bits per heavy atom. The molecule has 0 aliphatic rings. The van der Waals surface area contributed by atoms with Crippen molar-refractivity contribution in [3.8, 4) is 5.69 Å². The molecule has 0 bridgehead atoms. The van der Waals surface area contributed by atoms with Crippen molar-refractivity contribution in [1.82, 2.24) is 9.78 Å². The van der Waals surface area contributed by atoms with Gasteiger partial charge in [-0.2, -0.15) is 5.10 Å². The summed E-state index contributed by atoms with van der Waals surface area (Å²) in [7, 11) is 0. The number of halogens is 1. The molecule has 0 spiro atoms. The van der Waals surface area contributed by atoms with Gasteiger partial charge in [-0.25, -0.2) is 4.68 Å². The van der Waals surface area contributed by atoms with Gasteiger partial charge in [0.2, 0.25) is 0 Å². The Morgan fingerprint density at radius 1 is 1.50 bits per heavy atom. The number of aryl methyl sites for hydroxylation is 2. The zero-order valence-corrected chi connectivity index (χ0v) is 11.5. The highest BCUT2D eigenvalue weighted by molar-refractivity contribution is 9.10. The van der Waals surface area contributed by atoms with E-state index in [1.54, 1.807) is 10.9 Å². The average Bonchev–Trinajstić information content (AvgIpc) is 2.79. The van der Waals surface area contributed by atoms with Gasteiger partial charge in [0, 0.05) is 17.1 Å². The summed E-state index contributed by atoms with van der Waals surface area (Å²) in [6.45, 7) is 2.02. The molecule has 1 aromatic heterocycles. The van der Waals surface area contributed by atoms with Crippen molar-refractivity contribution in [2.75, 3.05) is 0 Å². The summed E-state index contributed by atoms with van der Waals surface area (Å²) in [4.78, 5) is 10.5. The molecule has 2 rings (SSSR count). The van der Waals surface area contributed by atoms with Crippen LogP contribution in [0, 0.1) is 6.92 Å². The third-order valence-corrected chi connectivity index (χ3v) is 3.56. The lowest BCUT2D eigenvalue weighted by atomic mass is 10.2. The van der Waals surface area contributed by atoms with Crippen LogP contribution in [0.4, 0.5) is 0 Å². The van der Waals surface area contributed by atoms with Crippen LogP contribution in [0.3, 0.4) is 0 Å². The van der Waals surface area contributed by atoms with Crippen LogP contribution in [0.1, 0.15) is 17.5 Å². The van der Waals surface area contributed by atoms with E-state index in [0.717, 1.165) is 21.3 Å². The summed E-state index contributed by atoms with van der Waals surface area (Å²) < 4.78 is 2.82. The van der Waals surface area contributed by atoms with Gasteiger partial charge in [-0.15, -0.1) is 0 Å². The van der Waals surface area contributed by atoms with Crippen molar-refractivity contribution in [2.45, 2.75) is 19.8 Å². The zero-order chi connectivity index (χ0) is 13.1. The van der Waals surface area contributed by atoms with Gasteiger partial charge in [0.05, 0.1) is 11.9 Å². The molecule has 0 saturated carbocycles. The van der Waals surface area contributed by atoms with E-state index in [9.17, 15) is 4.79 Å². The largest absolute Gasteiger partial charge is 0.481 e. The van der Waals surface area contributed by atoms with Gasteiger partial charge in [0.15, 0.2) is 0 Å². The normalized spacial score (nSPS) is 10.6. The van der Waals surface area contributed by atoms with Gasteiger partial charge in [0.1, 0.15) is 0 Å². The Labute approximate surface area is 113 Å². The van der Waals surface area contributed by atoms with Gasteiger partial charge >= 0.3 is 5.97 Å². The number of carboxylic acids is 1. The maximum atomic E-state index is 10.5. The predicted octanol–water partition coefficient (Wildman–Crippen LogP) is 2.96. The molecule has 0 atom stereocenters. The summed E-state index contributed by atoms with van der Waals surface area (Å²) in [5.41, 5.74) is 3.03. The number of carbonyl (C=O) groups is 1. The Morgan fingerprint density at radius 3 is 2.94 bits per heavy atom. The smallest absolute Gasteiger partial charge is 0.303 e. The molecule has 0 fully saturated rings. The third kappa shape index (κ3) is 2.98. The second kappa shape index (κ2) is 5.35. The lowest BCUT2D eigenvalue weighted by Gasteiger charge is -2.03. The molecular formula is C13H13BrN2O2. The van der Waals surface area contributed by atoms with Crippen molar-refractivity contribution >= 4 is 21.9 Å². The second-order valence-corrected chi connectivity index (χ2v) is 4.97. The summed E-state index contributed by atoms with van der Waals surface area (Å²) in [5, 5.41) is 12.9. The second-order valence-electron chi connectivity index (χ2n) is 4.12. The minimum Gasteiger partial charge on any atom is -0.481 e. The van der Waals surface area contributed by atoms with E-state index in [1.807, 2.05) is 31.3 Å². The van der Waals surface area contributed by atoms with Crippen molar-refractivity contribution in [3.63, 3.8) is 0 Å². The van der Waals surface area contributed by atoms with E-state index in [1.165, 1.54) is 0 Å². The quantitative estimate of drug-likeness (QED) is 0.944. The number of nitrogens with zero attached hydrogens (tertiary/aromatic N) is 2. The Hall–Kier alpha value is -1.62. The van der Waals surface area contributed by atoms with Crippen molar-refractivity contribution in [2.24, 2.45) is 0 Å². The summed E-state index contributed by atoms with van der Waals surface area (Å²) >= 11 is 3.45. The van der Waals surface area contributed by atoms with Crippen LogP contribution in [-0.2, 0) is 11.2 Å². The first-order valence-corrected chi connectivity index (χ1v) is 6.37. The average molecular weight is 309 g/mol. The standard InChI is InChI=1S/C13H13BrN2O2/c1-9-6-11(3-4-12(9)14)16-8-10(7-15-16)2-5-13(17)18/h3-4,6-8H,2,5H2,1H3,(H,17,18). The maximum Gasteiger partial charge on any atom is 0.303 e.